The van der Waals surface area contributed by atoms with Gasteiger partial charge in [-0.25, -0.2) is 17.9 Å². The van der Waals surface area contributed by atoms with Crippen molar-refractivity contribution in [2.45, 2.75) is 32.1 Å². The molecule has 2 atom stereocenters. The number of hydrogen-bond acceptors (Lipinski definition) is 6. The molecular weight excluding hydrogens is 553 g/mol. The molecule has 0 aliphatic heterocycles. The molecule has 0 saturated heterocycles. The number of benzene rings is 3. The first-order valence-corrected chi connectivity index (χ1v) is 13.6. The maximum Gasteiger partial charge on any atom is 0.490 e. The van der Waals surface area contributed by atoms with E-state index in [1.807, 2.05) is 49.4 Å². The van der Waals surface area contributed by atoms with Gasteiger partial charge in [0, 0.05) is 17.8 Å². The normalized spacial score (nSPS) is 13.0. The predicted octanol–water partition coefficient (Wildman–Crippen LogP) is 3.09. The first-order chi connectivity index (χ1) is 18.5. The lowest BCUT2D eigenvalue weighted by molar-refractivity contribution is -0.192. The monoisotopic (exact) mass is 582 g/mol. The highest BCUT2D eigenvalue weighted by Crippen LogP contribution is 2.25. The van der Waals surface area contributed by atoms with Crippen LogP contribution in [-0.2, 0) is 19.6 Å². The van der Waals surface area contributed by atoms with Gasteiger partial charge < -0.3 is 21.5 Å². The fraction of sp³-hybridized carbons (Fsp3) is 0.269. The molecule has 2 amide bonds. The van der Waals surface area contributed by atoms with Crippen molar-refractivity contribution in [2.75, 3.05) is 18.1 Å². The molecule has 10 nitrogen and oxygen atoms in total. The van der Waals surface area contributed by atoms with Crippen molar-refractivity contribution in [1.82, 2.24) is 10.0 Å². The third-order valence-corrected chi connectivity index (χ3v) is 6.25. The molecule has 0 aromatic heterocycles. The van der Waals surface area contributed by atoms with Gasteiger partial charge in [0.1, 0.15) is 6.04 Å². The summed E-state index contributed by atoms with van der Waals surface area (Å²) < 4.78 is 56.8. The van der Waals surface area contributed by atoms with Gasteiger partial charge in [-0.15, -0.1) is 0 Å². The number of carboxylic acids is 1. The van der Waals surface area contributed by atoms with E-state index in [2.05, 4.69) is 15.4 Å². The second kappa shape index (κ2) is 13.4. The zero-order valence-electron chi connectivity index (χ0n) is 21.7. The number of amides is 2. The molecule has 6 N–H and O–H groups in total. The number of nitrogens with one attached hydrogen (secondary N) is 3. The number of anilines is 1. The Hall–Kier alpha value is -4.01. The van der Waals surface area contributed by atoms with E-state index < -0.39 is 34.1 Å². The van der Waals surface area contributed by atoms with Crippen molar-refractivity contribution in [3.8, 4) is 0 Å². The summed E-state index contributed by atoms with van der Waals surface area (Å²) >= 11 is 0. The second-order valence-corrected chi connectivity index (χ2v) is 10.5. The maximum atomic E-state index is 13.1. The van der Waals surface area contributed by atoms with E-state index in [4.69, 9.17) is 15.6 Å². The molecule has 216 valence electrons. The van der Waals surface area contributed by atoms with Crippen LogP contribution in [0.3, 0.4) is 0 Å². The van der Waals surface area contributed by atoms with Gasteiger partial charge in [0.2, 0.25) is 15.9 Å². The number of aliphatic carboxylic acids is 1. The van der Waals surface area contributed by atoms with Crippen LogP contribution in [0.1, 0.15) is 34.5 Å². The smallest absolute Gasteiger partial charge is 0.475 e. The number of rotatable bonds is 8. The standard InChI is InChI=1S/C24H28N4O4S.C2HF3O2/c1-15-11-12-18(27-24(30)22(14-25)28-33(3,31)32)13-21(15)23(29)26-16(2)19-10-6-8-17-7-4-5-9-20(17)19;3-2(4,5)1(6)7/h4-13,16,22,28H,14,25H2,1-3H3,(H,26,29)(H,27,30);(H,6,7)/t16-,22+;/m1./s1. The molecule has 0 unspecified atom stereocenters. The summed E-state index contributed by atoms with van der Waals surface area (Å²) in [7, 11) is -3.61. The van der Waals surface area contributed by atoms with Gasteiger partial charge in [0.15, 0.2) is 0 Å². The third-order valence-electron chi connectivity index (χ3n) is 5.54. The molecule has 0 radical (unpaired) electrons. The molecule has 3 aromatic rings. The first-order valence-electron chi connectivity index (χ1n) is 11.7. The molecule has 0 saturated carbocycles. The number of hydrogen-bond donors (Lipinski definition) is 5. The van der Waals surface area contributed by atoms with Crippen LogP contribution in [0.15, 0.2) is 60.7 Å². The molecule has 0 spiro atoms. The van der Waals surface area contributed by atoms with Crippen LogP contribution >= 0.6 is 0 Å². The number of sulfonamides is 1. The third kappa shape index (κ3) is 9.32. The fourth-order valence-corrected chi connectivity index (χ4v) is 4.34. The van der Waals surface area contributed by atoms with E-state index in [1.54, 1.807) is 25.1 Å². The topological polar surface area (TPSA) is 168 Å². The van der Waals surface area contributed by atoms with Crippen LogP contribution in [0.5, 0.6) is 0 Å². The zero-order chi connectivity index (χ0) is 30.3. The molecule has 40 heavy (non-hydrogen) atoms. The minimum absolute atomic E-state index is 0.208. The number of halogens is 3. The van der Waals surface area contributed by atoms with Crippen molar-refractivity contribution >= 4 is 44.3 Å². The molecule has 0 aliphatic carbocycles. The van der Waals surface area contributed by atoms with Crippen molar-refractivity contribution < 1.29 is 41.1 Å². The molecule has 0 aliphatic rings. The number of carbonyl (C=O) groups is 3. The first kappa shape index (κ1) is 32.2. The summed E-state index contributed by atoms with van der Waals surface area (Å²) in [4.78, 5) is 34.4. The lowest BCUT2D eigenvalue weighted by atomic mass is 9.99. The van der Waals surface area contributed by atoms with Gasteiger partial charge in [0.25, 0.3) is 5.91 Å². The molecule has 3 aromatic carbocycles. The van der Waals surface area contributed by atoms with Crippen LogP contribution in [0.4, 0.5) is 18.9 Å². The summed E-state index contributed by atoms with van der Waals surface area (Å²) in [5, 5.41) is 14.9. The summed E-state index contributed by atoms with van der Waals surface area (Å²) in [5.74, 6) is -3.65. The Morgan fingerprint density at radius 1 is 1.02 bits per heavy atom. The van der Waals surface area contributed by atoms with Gasteiger partial charge in [-0.3, -0.25) is 9.59 Å². The highest BCUT2D eigenvalue weighted by molar-refractivity contribution is 7.88. The van der Waals surface area contributed by atoms with Crippen LogP contribution in [0.25, 0.3) is 10.8 Å². The quantitative estimate of drug-likeness (QED) is 0.272. The Labute approximate surface area is 228 Å². The summed E-state index contributed by atoms with van der Waals surface area (Å²) in [5.41, 5.74) is 8.04. The molecule has 0 fully saturated rings. The van der Waals surface area contributed by atoms with Gasteiger partial charge >= 0.3 is 12.1 Å². The largest absolute Gasteiger partial charge is 0.490 e. The molecule has 0 heterocycles. The minimum atomic E-state index is -5.08. The Morgan fingerprint density at radius 3 is 2.20 bits per heavy atom. The van der Waals surface area contributed by atoms with Gasteiger partial charge in [0.05, 0.1) is 12.3 Å². The highest BCUT2D eigenvalue weighted by atomic mass is 32.2. The minimum Gasteiger partial charge on any atom is -0.475 e. The predicted molar refractivity (Wildman–Crippen MR) is 144 cm³/mol. The van der Waals surface area contributed by atoms with Crippen LogP contribution < -0.4 is 21.1 Å². The SMILES string of the molecule is Cc1ccc(NC(=O)[C@H](CN)NS(C)(=O)=O)cc1C(=O)N[C@H](C)c1cccc2ccccc12.O=C(O)C(F)(F)F. The fourth-order valence-electron chi connectivity index (χ4n) is 3.62. The average molecular weight is 583 g/mol. The van der Waals surface area contributed by atoms with Crippen LogP contribution in [-0.4, -0.2) is 56.3 Å². The average Bonchev–Trinajstić information content (AvgIpc) is 2.87. The second-order valence-electron chi connectivity index (χ2n) is 8.76. The highest BCUT2D eigenvalue weighted by Gasteiger charge is 2.38. The number of carbonyl (C=O) groups excluding carboxylic acids is 2. The number of aryl methyl sites for hydroxylation is 1. The van der Waals surface area contributed by atoms with Crippen molar-refractivity contribution in [2.24, 2.45) is 5.73 Å². The van der Waals surface area contributed by atoms with E-state index in [0.717, 1.165) is 28.2 Å². The lowest BCUT2D eigenvalue weighted by Crippen LogP contribution is -2.47. The Balaban J connectivity index is 0.000000708. The molecule has 3 rings (SSSR count). The Bertz CT molecular complexity index is 1490. The van der Waals surface area contributed by atoms with E-state index in [0.29, 0.717) is 11.3 Å². The summed E-state index contributed by atoms with van der Waals surface area (Å²) in [6.45, 7) is 3.51. The number of alkyl halides is 3. The molecular formula is C26H29F3N4O6S. The van der Waals surface area contributed by atoms with E-state index in [1.165, 1.54) is 0 Å². The lowest BCUT2D eigenvalue weighted by Gasteiger charge is -2.19. The Kier molecular flexibility index (Phi) is 10.8. The number of nitrogens with two attached hydrogens (primary N) is 1. The van der Waals surface area contributed by atoms with Crippen LogP contribution in [0, 0.1) is 6.92 Å². The molecule has 0 bridgehead atoms. The van der Waals surface area contributed by atoms with Crippen molar-refractivity contribution in [3.63, 3.8) is 0 Å². The maximum absolute atomic E-state index is 13.1. The Morgan fingerprint density at radius 2 is 1.62 bits per heavy atom. The zero-order valence-corrected chi connectivity index (χ0v) is 22.6. The van der Waals surface area contributed by atoms with Crippen molar-refractivity contribution in [3.05, 3.63) is 77.4 Å². The van der Waals surface area contributed by atoms with E-state index in [9.17, 15) is 31.2 Å². The van der Waals surface area contributed by atoms with Gasteiger partial charge in [-0.1, -0.05) is 48.5 Å². The number of carboxylic acid groups (broad SMARTS) is 1. The van der Waals surface area contributed by atoms with Gasteiger partial charge in [-0.2, -0.15) is 13.2 Å². The van der Waals surface area contributed by atoms with E-state index in [-0.39, 0.29) is 18.5 Å². The van der Waals surface area contributed by atoms with E-state index >= 15 is 0 Å². The van der Waals surface area contributed by atoms with Crippen molar-refractivity contribution in [1.29, 1.82) is 0 Å². The summed E-state index contributed by atoms with van der Waals surface area (Å²) in [6.07, 6.45) is -4.13. The summed E-state index contributed by atoms with van der Waals surface area (Å²) in [6, 6.07) is 17.5. The van der Waals surface area contributed by atoms with Crippen LogP contribution in [0.2, 0.25) is 0 Å². The van der Waals surface area contributed by atoms with Gasteiger partial charge in [-0.05, 0) is 47.9 Å². The molecule has 14 heteroatoms. The number of fused-ring (bicyclic) bond motifs is 1.